The van der Waals surface area contributed by atoms with Gasteiger partial charge >= 0.3 is 0 Å². The first kappa shape index (κ1) is 28.3. The highest BCUT2D eigenvalue weighted by molar-refractivity contribution is 7.21. The first-order valence-electron chi connectivity index (χ1n) is 13.3. The highest BCUT2D eigenvalue weighted by Gasteiger charge is 2.48. The number of hydrogen-bond acceptors (Lipinski definition) is 10. The van der Waals surface area contributed by atoms with Gasteiger partial charge in [-0.05, 0) is 51.0 Å². The summed E-state index contributed by atoms with van der Waals surface area (Å²) < 4.78 is 14.9. The Balaban J connectivity index is 1.50. The lowest BCUT2D eigenvalue weighted by molar-refractivity contribution is -0.0601. The van der Waals surface area contributed by atoms with E-state index in [9.17, 15) is 19.7 Å². The normalized spacial score (nSPS) is 21.6. The third-order valence-corrected chi connectivity index (χ3v) is 8.75. The van der Waals surface area contributed by atoms with Crippen molar-refractivity contribution in [1.29, 1.82) is 0 Å². The number of pyridine rings is 1. The maximum atomic E-state index is 13.9. The SMILES string of the molecule is Cc1nc(NCC(C)(C)c2cccc(F)c2)nc(N[C@@H]2C[C@H](C(C)(C)O)[C@@H](O)[C@H]2O)c1-c1nc2cnccc2s1. The number of nitrogens with zero attached hydrogens (tertiary/aromatic N) is 4. The van der Waals surface area contributed by atoms with Crippen molar-refractivity contribution in [2.24, 2.45) is 5.92 Å². The summed E-state index contributed by atoms with van der Waals surface area (Å²) in [5, 5.41) is 39.5. The molecule has 3 aromatic heterocycles. The van der Waals surface area contributed by atoms with Gasteiger partial charge in [0.1, 0.15) is 28.3 Å². The van der Waals surface area contributed by atoms with E-state index in [0.717, 1.165) is 15.8 Å². The minimum absolute atomic E-state index is 0.291. The van der Waals surface area contributed by atoms with Crippen LogP contribution in [-0.2, 0) is 5.41 Å². The molecule has 40 heavy (non-hydrogen) atoms. The maximum Gasteiger partial charge on any atom is 0.224 e. The number of rotatable bonds is 8. The predicted molar refractivity (Wildman–Crippen MR) is 155 cm³/mol. The van der Waals surface area contributed by atoms with E-state index in [0.29, 0.717) is 41.0 Å². The Hall–Kier alpha value is -3.25. The second kappa shape index (κ2) is 10.6. The van der Waals surface area contributed by atoms with Crippen molar-refractivity contribution in [3.05, 3.63) is 59.8 Å². The third-order valence-electron chi connectivity index (χ3n) is 7.70. The summed E-state index contributed by atoms with van der Waals surface area (Å²) in [5.41, 5.74) is 1.36. The number of halogens is 1. The Morgan fingerprint density at radius 2 is 1.85 bits per heavy atom. The first-order valence-corrected chi connectivity index (χ1v) is 14.1. The molecule has 5 N–H and O–H groups in total. The molecule has 4 aromatic rings. The minimum Gasteiger partial charge on any atom is -0.390 e. The molecule has 0 radical (unpaired) electrons. The van der Waals surface area contributed by atoms with Crippen LogP contribution in [0.3, 0.4) is 0 Å². The monoisotopic (exact) mass is 566 g/mol. The number of nitrogens with one attached hydrogen (secondary N) is 2. The second-order valence-electron chi connectivity index (χ2n) is 11.7. The molecule has 9 nitrogen and oxygen atoms in total. The number of benzene rings is 1. The van der Waals surface area contributed by atoms with Gasteiger partial charge in [-0.15, -0.1) is 11.3 Å². The standard InChI is InChI=1S/C29H35FN6O3S/c1-15-22(26-35-20-13-31-10-9-21(20)40-26)25(34-19-12-18(29(4,5)39)23(37)24(19)38)36-27(33-15)32-14-28(2,3)16-7-6-8-17(30)11-16/h6-11,13,18-19,23-24,37-39H,12,14H2,1-5H3,(H2,32,33,34,36)/t18-,19+,23+,24-/m0/s1. The van der Waals surface area contributed by atoms with Crippen molar-refractivity contribution in [3.8, 4) is 10.6 Å². The van der Waals surface area contributed by atoms with Gasteiger partial charge in [-0.2, -0.15) is 4.98 Å². The largest absolute Gasteiger partial charge is 0.390 e. The summed E-state index contributed by atoms with van der Waals surface area (Å²) in [7, 11) is 0. The molecule has 1 aliphatic carbocycles. The van der Waals surface area contributed by atoms with Crippen molar-refractivity contribution >= 4 is 33.3 Å². The average Bonchev–Trinajstić information content (AvgIpc) is 3.43. The van der Waals surface area contributed by atoms with Crippen LogP contribution in [0.5, 0.6) is 0 Å². The van der Waals surface area contributed by atoms with Crippen LogP contribution in [-0.4, -0.2) is 65.7 Å². The summed E-state index contributed by atoms with van der Waals surface area (Å²) in [6, 6.07) is 7.87. The average molecular weight is 567 g/mol. The summed E-state index contributed by atoms with van der Waals surface area (Å²) >= 11 is 1.49. The van der Waals surface area contributed by atoms with Crippen molar-refractivity contribution in [1.82, 2.24) is 19.9 Å². The second-order valence-corrected chi connectivity index (χ2v) is 12.7. The molecule has 0 saturated heterocycles. The van der Waals surface area contributed by atoms with E-state index in [1.807, 2.05) is 32.9 Å². The molecule has 212 valence electrons. The van der Waals surface area contributed by atoms with E-state index in [1.165, 1.54) is 23.5 Å². The molecule has 3 heterocycles. The van der Waals surface area contributed by atoms with Crippen LogP contribution in [0.15, 0.2) is 42.7 Å². The molecule has 11 heteroatoms. The van der Waals surface area contributed by atoms with Gasteiger partial charge in [0.25, 0.3) is 0 Å². The van der Waals surface area contributed by atoms with Crippen molar-refractivity contribution in [2.45, 2.75) is 70.3 Å². The number of hydrogen-bond donors (Lipinski definition) is 5. The lowest BCUT2D eigenvalue weighted by Gasteiger charge is -2.28. The zero-order valence-electron chi connectivity index (χ0n) is 23.2. The molecular formula is C29H35FN6O3S. The van der Waals surface area contributed by atoms with Crippen LogP contribution < -0.4 is 10.6 Å². The van der Waals surface area contributed by atoms with Gasteiger partial charge in [0, 0.05) is 24.1 Å². The summed E-state index contributed by atoms with van der Waals surface area (Å²) in [6.07, 6.45) is 1.55. The zero-order valence-corrected chi connectivity index (χ0v) is 24.0. The fourth-order valence-corrected chi connectivity index (χ4v) is 6.30. The van der Waals surface area contributed by atoms with E-state index in [-0.39, 0.29) is 5.82 Å². The molecule has 1 aliphatic rings. The molecule has 1 saturated carbocycles. The van der Waals surface area contributed by atoms with Crippen LogP contribution >= 0.6 is 11.3 Å². The van der Waals surface area contributed by atoms with Gasteiger partial charge in [-0.3, -0.25) is 4.98 Å². The van der Waals surface area contributed by atoms with E-state index in [2.05, 4.69) is 15.6 Å². The Morgan fingerprint density at radius 3 is 2.52 bits per heavy atom. The fraction of sp³-hybridized carbons (Fsp3) is 0.448. The molecule has 4 atom stereocenters. The summed E-state index contributed by atoms with van der Waals surface area (Å²) in [6.45, 7) is 9.60. The van der Waals surface area contributed by atoms with Gasteiger partial charge in [0.15, 0.2) is 0 Å². The molecule has 1 fully saturated rings. The molecular weight excluding hydrogens is 531 g/mol. The van der Waals surface area contributed by atoms with Crippen LogP contribution in [0.1, 0.15) is 45.4 Å². The van der Waals surface area contributed by atoms with Gasteiger partial charge < -0.3 is 26.0 Å². The molecule has 1 aromatic carbocycles. The quantitative estimate of drug-likeness (QED) is 0.212. The summed E-state index contributed by atoms with van der Waals surface area (Å²) in [5.74, 6) is 0.00656. The number of thiazole rings is 1. The van der Waals surface area contributed by atoms with Crippen molar-refractivity contribution in [2.75, 3.05) is 17.2 Å². The molecule has 5 rings (SSSR count). The fourth-order valence-electron chi connectivity index (χ4n) is 5.27. The predicted octanol–water partition coefficient (Wildman–Crippen LogP) is 4.28. The van der Waals surface area contributed by atoms with Crippen LogP contribution in [0.25, 0.3) is 20.8 Å². The molecule has 0 bridgehead atoms. The topological polar surface area (TPSA) is 136 Å². The van der Waals surface area contributed by atoms with Crippen LogP contribution in [0.2, 0.25) is 0 Å². The Labute approximate surface area is 236 Å². The lowest BCUT2D eigenvalue weighted by atomic mass is 9.84. The number of aromatic nitrogens is 4. The lowest BCUT2D eigenvalue weighted by Crippen LogP contribution is -2.40. The van der Waals surface area contributed by atoms with Crippen LogP contribution in [0.4, 0.5) is 16.2 Å². The van der Waals surface area contributed by atoms with Crippen molar-refractivity contribution in [3.63, 3.8) is 0 Å². The molecule has 0 unspecified atom stereocenters. The smallest absolute Gasteiger partial charge is 0.224 e. The molecule has 0 amide bonds. The van der Waals surface area contributed by atoms with E-state index in [4.69, 9.17) is 15.0 Å². The minimum atomic E-state index is -1.17. The van der Waals surface area contributed by atoms with E-state index >= 15 is 0 Å². The Bertz CT molecular complexity index is 1490. The molecule has 0 spiro atoms. The Morgan fingerprint density at radius 1 is 1.07 bits per heavy atom. The third kappa shape index (κ3) is 5.64. The van der Waals surface area contributed by atoms with Gasteiger partial charge in [0.2, 0.25) is 5.95 Å². The van der Waals surface area contributed by atoms with E-state index in [1.54, 1.807) is 32.3 Å². The number of anilines is 2. The highest BCUT2D eigenvalue weighted by Crippen LogP contribution is 2.40. The zero-order chi connectivity index (χ0) is 28.8. The Kier molecular flexibility index (Phi) is 7.51. The van der Waals surface area contributed by atoms with Crippen molar-refractivity contribution < 1.29 is 19.7 Å². The molecule has 0 aliphatic heterocycles. The number of aryl methyl sites for hydroxylation is 1. The van der Waals surface area contributed by atoms with Gasteiger partial charge in [-0.1, -0.05) is 26.0 Å². The number of fused-ring (bicyclic) bond motifs is 1. The van der Waals surface area contributed by atoms with Gasteiger partial charge in [0.05, 0.1) is 39.9 Å². The van der Waals surface area contributed by atoms with Gasteiger partial charge in [-0.25, -0.2) is 14.4 Å². The number of aliphatic hydroxyl groups is 3. The highest BCUT2D eigenvalue weighted by atomic mass is 32.1. The number of aliphatic hydroxyl groups excluding tert-OH is 2. The summed E-state index contributed by atoms with van der Waals surface area (Å²) in [4.78, 5) is 18.4. The maximum absolute atomic E-state index is 13.9. The van der Waals surface area contributed by atoms with E-state index < -0.39 is 35.2 Å². The first-order chi connectivity index (χ1) is 18.8. The van der Waals surface area contributed by atoms with Crippen LogP contribution in [0, 0.1) is 18.7 Å².